The highest BCUT2D eigenvalue weighted by Crippen LogP contribution is 2.16. The van der Waals surface area contributed by atoms with Crippen molar-refractivity contribution in [2.75, 3.05) is 32.8 Å². The van der Waals surface area contributed by atoms with Crippen molar-refractivity contribution < 1.29 is 13.9 Å². The van der Waals surface area contributed by atoms with Crippen LogP contribution in [0.1, 0.15) is 24.4 Å². The quantitative estimate of drug-likeness (QED) is 0.917. The van der Waals surface area contributed by atoms with Crippen LogP contribution in [-0.4, -0.2) is 49.2 Å². The molecule has 0 atom stereocenters. The number of carbonyl (C=O) groups is 1. The average molecular weight is 287 g/mol. The second-order valence-corrected chi connectivity index (χ2v) is 5.57. The van der Waals surface area contributed by atoms with Crippen molar-refractivity contribution in [2.45, 2.75) is 19.4 Å². The highest BCUT2D eigenvalue weighted by molar-refractivity contribution is 6.29. The van der Waals surface area contributed by atoms with Gasteiger partial charge in [0.25, 0.3) is 5.91 Å². The lowest BCUT2D eigenvalue weighted by atomic mass is 10.0. The zero-order chi connectivity index (χ0) is 13.9. The lowest BCUT2D eigenvalue weighted by Gasteiger charge is -2.40. The zero-order valence-electron chi connectivity index (χ0n) is 11.2. The molecule has 0 spiro atoms. The van der Waals surface area contributed by atoms with Crippen LogP contribution in [-0.2, 0) is 4.74 Å². The van der Waals surface area contributed by atoms with Crippen molar-refractivity contribution in [3.05, 3.63) is 23.1 Å². The number of rotatable bonds is 4. The molecule has 2 rings (SSSR count). The number of furan rings is 1. The Bertz CT molecular complexity index is 439. The number of nitrogens with one attached hydrogen (secondary N) is 1. The van der Waals surface area contributed by atoms with Crippen molar-refractivity contribution in [1.29, 1.82) is 0 Å². The number of carbonyl (C=O) groups excluding carboxylic acids is 1. The van der Waals surface area contributed by atoms with Gasteiger partial charge in [0.15, 0.2) is 11.0 Å². The number of ether oxygens (including phenoxy) is 1. The Hall–Kier alpha value is -1.04. The molecule has 0 aromatic carbocycles. The number of halogens is 1. The summed E-state index contributed by atoms with van der Waals surface area (Å²) in [5, 5.41) is 3.10. The summed E-state index contributed by atoms with van der Waals surface area (Å²) < 4.78 is 10.4. The number of hydrogen-bond donors (Lipinski definition) is 1. The maximum absolute atomic E-state index is 11.9. The van der Waals surface area contributed by atoms with Crippen LogP contribution in [0.3, 0.4) is 0 Å². The van der Waals surface area contributed by atoms with E-state index < -0.39 is 0 Å². The molecule has 1 amide bonds. The maximum atomic E-state index is 11.9. The Morgan fingerprint density at radius 2 is 2.11 bits per heavy atom. The molecule has 106 valence electrons. The Labute approximate surface area is 117 Å². The molecular formula is C13H19ClN2O3. The van der Waals surface area contributed by atoms with Crippen molar-refractivity contribution in [3.63, 3.8) is 0 Å². The molecule has 1 fully saturated rings. The van der Waals surface area contributed by atoms with E-state index in [1.54, 1.807) is 12.1 Å². The van der Waals surface area contributed by atoms with Crippen LogP contribution >= 0.6 is 11.6 Å². The van der Waals surface area contributed by atoms with Crippen LogP contribution in [0.2, 0.25) is 5.22 Å². The van der Waals surface area contributed by atoms with E-state index in [1.165, 1.54) is 0 Å². The first-order valence-corrected chi connectivity index (χ1v) is 6.73. The highest BCUT2D eigenvalue weighted by atomic mass is 35.5. The normalized spacial score (nSPS) is 17.4. The molecule has 0 saturated carbocycles. The Morgan fingerprint density at radius 1 is 1.42 bits per heavy atom. The van der Waals surface area contributed by atoms with E-state index in [0.717, 1.165) is 26.3 Å². The second kappa shape index (κ2) is 5.94. The van der Waals surface area contributed by atoms with Gasteiger partial charge in [-0.25, -0.2) is 0 Å². The van der Waals surface area contributed by atoms with Crippen LogP contribution in [0.25, 0.3) is 0 Å². The lowest BCUT2D eigenvalue weighted by Crippen LogP contribution is -2.55. The standard InChI is InChI=1S/C13H19ClN2O3/c1-13(2,16-5-7-18-8-6-16)9-15-12(17)10-3-4-11(14)19-10/h3-4H,5-9H2,1-2H3,(H,15,17). The van der Waals surface area contributed by atoms with Gasteiger partial charge in [-0.3, -0.25) is 9.69 Å². The molecule has 1 saturated heterocycles. The molecule has 1 aliphatic heterocycles. The predicted octanol–water partition coefficient (Wildman–Crippen LogP) is 1.77. The monoisotopic (exact) mass is 286 g/mol. The molecule has 19 heavy (non-hydrogen) atoms. The maximum Gasteiger partial charge on any atom is 0.287 e. The van der Waals surface area contributed by atoms with Crippen molar-refractivity contribution in [2.24, 2.45) is 0 Å². The summed E-state index contributed by atoms with van der Waals surface area (Å²) in [5.41, 5.74) is -0.115. The van der Waals surface area contributed by atoms with Gasteiger partial charge in [0.05, 0.1) is 13.2 Å². The van der Waals surface area contributed by atoms with Gasteiger partial charge in [0.1, 0.15) is 0 Å². The molecule has 5 nitrogen and oxygen atoms in total. The molecule has 1 aliphatic rings. The molecule has 1 aromatic heterocycles. The summed E-state index contributed by atoms with van der Waals surface area (Å²) in [4.78, 5) is 14.2. The topological polar surface area (TPSA) is 54.7 Å². The first-order chi connectivity index (χ1) is 8.99. The molecule has 0 radical (unpaired) electrons. The van der Waals surface area contributed by atoms with Crippen LogP contribution in [0, 0.1) is 0 Å². The number of amides is 1. The van der Waals surface area contributed by atoms with E-state index in [-0.39, 0.29) is 22.4 Å². The molecular weight excluding hydrogens is 268 g/mol. The molecule has 0 unspecified atom stereocenters. The van der Waals surface area contributed by atoms with Gasteiger partial charge >= 0.3 is 0 Å². The Kier molecular flexibility index (Phi) is 4.50. The summed E-state index contributed by atoms with van der Waals surface area (Å²) in [6.07, 6.45) is 0. The van der Waals surface area contributed by atoms with Crippen LogP contribution in [0.15, 0.2) is 16.5 Å². The zero-order valence-corrected chi connectivity index (χ0v) is 12.0. The number of hydrogen-bond acceptors (Lipinski definition) is 4. The third-order valence-electron chi connectivity index (χ3n) is 3.35. The van der Waals surface area contributed by atoms with E-state index in [0.29, 0.717) is 6.54 Å². The minimum atomic E-state index is -0.242. The lowest BCUT2D eigenvalue weighted by molar-refractivity contribution is -0.00930. The number of nitrogens with zero attached hydrogens (tertiary/aromatic N) is 1. The summed E-state index contributed by atoms with van der Waals surface area (Å²) in [5.74, 6) is -0.00369. The largest absolute Gasteiger partial charge is 0.440 e. The first-order valence-electron chi connectivity index (χ1n) is 6.35. The van der Waals surface area contributed by atoms with Gasteiger partial charge in [0.2, 0.25) is 0 Å². The van der Waals surface area contributed by atoms with Crippen molar-refractivity contribution in [1.82, 2.24) is 10.2 Å². The van der Waals surface area contributed by atoms with E-state index in [1.807, 2.05) is 0 Å². The van der Waals surface area contributed by atoms with Crippen LogP contribution < -0.4 is 5.32 Å². The first kappa shape index (κ1) is 14.4. The molecule has 6 heteroatoms. The molecule has 1 N–H and O–H groups in total. The van der Waals surface area contributed by atoms with Crippen LogP contribution in [0.5, 0.6) is 0 Å². The fourth-order valence-corrected chi connectivity index (χ4v) is 2.25. The third kappa shape index (κ3) is 3.72. The minimum absolute atomic E-state index is 0.115. The van der Waals surface area contributed by atoms with Crippen molar-refractivity contribution in [3.8, 4) is 0 Å². The predicted molar refractivity (Wildman–Crippen MR) is 72.5 cm³/mol. The summed E-state index contributed by atoms with van der Waals surface area (Å²) in [6, 6.07) is 3.13. The highest BCUT2D eigenvalue weighted by Gasteiger charge is 2.28. The average Bonchev–Trinajstić information content (AvgIpc) is 2.84. The summed E-state index contributed by atoms with van der Waals surface area (Å²) in [7, 11) is 0. The molecule has 1 aromatic rings. The number of morpholine rings is 1. The van der Waals surface area contributed by atoms with Gasteiger partial charge < -0.3 is 14.5 Å². The van der Waals surface area contributed by atoms with E-state index in [4.69, 9.17) is 20.8 Å². The summed E-state index contributed by atoms with van der Waals surface area (Å²) >= 11 is 5.65. The molecule has 0 aliphatic carbocycles. The third-order valence-corrected chi connectivity index (χ3v) is 3.55. The van der Waals surface area contributed by atoms with E-state index >= 15 is 0 Å². The summed E-state index contributed by atoms with van der Waals surface area (Å²) in [6.45, 7) is 8.01. The Balaban J connectivity index is 1.88. The van der Waals surface area contributed by atoms with Gasteiger partial charge in [-0.2, -0.15) is 0 Å². The van der Waals surface area contributed by atoms with Gasteiger partial charge in [-0.15, -0.1) is 0 Å². The van der Waals surface area contributed by atoms with Crippen molar-refractivity contribution >= 4 is 17.5 Å². The SMILES string of the molecule is CC(C)(CNC(=O)c1ccc(Cl)o1)N1CCOCC1. The van der Waals surface area contributed by atoms with Gasteiger partial charge in [0, 0.05) is 25.2 Å². The smallest absolute Gasteiger partial charge is 0.287 e. The van der Waals surface area contributed by atoms with Gasteiger partial charge in [-0.05, 0) is 37.6 Å². The van der Waals surface area contributed by atoms with E-state index in [9.17, 15) is 4.79 Å². The molecule has 2 heterocycles. The fourth-order valence-electron chi connectivity index (χ4n) is 2.10. The minimum Gasteiger partial charge on any atom is -0.440 e. The second-order valence-electron chi connectivity index (χ2n) is 5.20. The van der Waals surface area contributed by atoms with Gasteiger partial charge in [-0.1, -0.05) is 0 Å². The van der Waals surface area contributed by atoms with E-state index in [2.05, 4.69) is 24.1 Å². The van der Waals surface area contributed by atoms with Crippen LogP contribution in [0.4, 0.5) is 0 Å². The molecule has 0 bridgehead atoms. The Morgan fingerprint density at radius 3 is 2.68 bits per heavy atom. The fraction of sp³-hybridized carbons (Fsp3) is 0.615.